The molecule has 0 aromatic carbocycles. The van der Waals surface area contributed by atoms with E-state index >= 15 is 0 Å². The lowest BCUT2D eigenvalue weighted by Crippen LogP contribution is -2.42. The first-order valence-electron chi connectivity index (χ1n) is 9.68. The standard InChI is InChI=1S/C17H36N4O3S/c1-3-5-6-8-11-19-17(18-4-2)20-12-14-25(22,23)21-15-16-10-7-9-13-24-16/h16,21H,3-15H2,1-2H3,(H2,18,19,20). The molecule has 0 radical (unpaired) electrons. The van der Waals surface area contributed by atoms with E-state index in [0.717, 1.165) is 45.4 Å². The summed E-state index contributed by atoms with van der Waals surface area (Å²) in [5, 5.41) is 6.24. The molecule has 0 aromatic heterocycles. The maximum Gasteiger partial charge on any atom is 0.213 e. The molecule has 3 N–H and O–H groups in total. The molecular formula is C17H36N4O3S. The van der Waals surface area contributed by atoms with Crippen LogP contribution in [0.3, 0.4) is 0 Å². The highest BCUT2D eigenvalue weighted by Crippen LogP contribution is 2.11. The maximum absolute atomic E-state index is 12.1. The van der Waals surface area contributed by atoms with Gasteiger partial charge in [-0.2, -0.15) is 0 Å². The number of rotatable bonds is 12. The summed E-state index contributed by atoms with van der Waals surface area (Å²) in [7, 11) is -3.30. The molecule has 1 saturated heterocycles. The third-order valence-corrected chi connectivity index (χ3v) is 5.44. The summed E-state index contributed by atoms with van der Waals surface area (Å²) in [5.41, 5.74) is 0. The molecule has 0 saturated carbocycles. The number of hydrogen-bond donors (Lipinski definition) is 3. The lowest BCUT2D eigenvalue weighted by Gasteiger charge is -2.22. The van der Waals surface area contributed by atoms with Gasteiger partial charge in [-0.15, -0.1) is 0 Å². The van der Waals surface area contributed by atoms with Crippen LogP contribution in [-0.2, 0) is 14.8 Å². The third-order valence-electron chi connectivity index (χ3n) is 4.09. The van der Waals surface area contributed by atoms with E-state index in [-0.39, 0.29) is 11.9 Å². The molecule has 25 heavy (non-hydrogen) atoms. The number of nitrogens with one attached hydrogen (secondary N) is 3. The first-order chi connectivity index (χ1) is 12.1. The molecule has 1 unspecified atom stereocenters. The predicted octanol–water partition coefficient (Wildman–Crippen LogP) is 1.61. The number of hydrogen-bond acceptors (Lipinski definition) is 4. The number of ether oxygens (including phenoxy) is 1. The smallest absolute Gasteiger partial charge is 0.213 e. The monoisotopic (exact) mass is 376 g/mol. The van der Waals surface area contributed by atoms with E-state index in [1.165, 1.54) is 19.3 Å². The van der Waals surface area contributed by atoms with Crippen molar-refractivity contribution >= 4 is 16.0 Å². The second-order valence-electron chi connectivity index (χ2n) is 6.40. The number of guanidine groups is 1. The van der Waals surface area contributed by atoms with Crippen LogP contribution in [0.2, 0.25) is 0 Å². The minimum atomic E-state index is -3.30. The number of unbranched alkanes of at least 4 members (excludes halogenated alkanes) is 3. The maximum atomic E-state index is 12.1. The zero-order chi connectivity index (χ0) is 18.4. The highest BCUT2D eigenvalue weighted by molar-refractivity contribution is 7.89. The summed E-state index contributed by atoms with van der Waals surface area (Å²) >= 11 is 0. The van der Waals surface area contributed by atoms with Gasteiger partial charge in [-0.3, -0.25) is 4.99 Å². The van der Waals surface area contributed by atoms with Gasteiger partial charge in [-0.05, 0) is 32.6 Å². The Morgan fingerprint density at radius 2 is 2.00 bits per heavy atom. The molecule has 0 amide bonds. The zero-order valence-corrected chi connectivity index (χ0v) is 16.7. The van der Waals surface area contributed by atoms with Crippen LogP contribution in [0.1, 0.15) is 58.8 Å². The van der Waals surface area contributed by atoms with Crippen molar-refractivity contribution in [1.82, 2.24) is 15.4 Å². The molecule has 1 heterocycles. The minimum absolute atomic E-state index is 0.0125. The highest BCUT2D eigenvalue weighted by atomic mass is 32.2. The van der Waals surface area contributed by atoms with Gasteiger partial charge < -0.3 is 15.4 Å². The Morgan fingerprint density at radius 1 is 1.16 bits per heavy atom. The van der Waals surface area contributed by atoms with Crippen molar-refractivity contribution in [1.29, 1.82) is 0 Å². The molecule has 0 bridgehead atoms. The van der Waals surface area contributed by atoms with Crippen LogP contribution < -0.4 is 15.4 Å². The molecular weight excluding hydrogens is 340 g/mol. The van der Waals surface area contributed by atoms with Gasteiger partial charge >= 0.3 is 0 Å². The fourth-order valence-corrected chi connectivity index (χ4v) is 3.59. The highest BCUT2D eigenvalue weighted by Gasteiger charge is 2.17. The summed E-state index contributed by atoms with van der Waals surface area (Å²) < 4.78 is 32.4. The fourth-order valence-electron chi connectivity index (χ4n) is 2.64. The summed E-state index contributed by atoms with van der Waals surface area (Å²) in [5.74, 6) is 0.713. The molecule has 1 rings (SSSR count). The Hall–Kier alpha value is -0.860. The number of nitrogens with zero attached hydrogens (tertiary/aromatic N) is 1. The van der Waals surface area contributed by atoms with Gasteiger partial charge in [0.05, 0.1) is 11.9 Å². The molecule has 0 aliphatic carbocycles. The molecule has 0 aromatic rings. The largest absolute Gasteiger partial charge is 0.377 e. The SMILES string of the molecule is CCCCCCN=C(NCC)NCCS(=O)(=O)NCC1CCCCO1. The Kier molecular flexibility index (Phi) is 11.9. The second kappa shape index (κ2) is 13.4. The van der Waals surface area contributed by atoms with Crippen LogP contribution >= 0.6 is 0 Å². The van der Waals surface area contributed by atoms with Crippen molar-refractivity contribution in [3.63, 3.8) is 0 Å². The van der Waals surface area contributed by atoms with E-state index in [9.17, 15) is 8.42 Å². The average molecular weight is 377 g/mol. The summed E-state index contributed by atoms with van der Waals surface area (Å²) in [4.78, 5) is 4.48. The lowest BCUT2D eigenvalue weighted by atomic mass is 10.1. The van der Waals surface area contributed by atoms with Crippen molar-refractivity contribution in [3.05, 3.63) is 0 Å². The summed E-state index contributed by atoms with van der Waals surface area (Å²) in [6.45, 7) is 7.13. The van der Waals surface area contributed by atoms with E-state index in [1.807, 2.05) is 6.92 Å². The first kappa shape index (κ1) is 22.2. The number of aliphatic imine (C=N–C) groups is 1. The van der Waals surface area contributed by atoms with E-state index < -0.39 is 10.0 Å². The fraction of sp³-hybridized carbons (Fsp3) is 0.941. The topological polar surface area (TPSA) is 91.8 Å². The van der Waals surface area contributed by atoms with E-state index in [4.69, 9.17) is 4.74 Å². The Labute approximate surface area is 153 Å². The van der Waals surface area contributed by atoms with Crippen LogP contribution in [0.25, 0.3) is 0 Å². The van der Waals surface area contributed by atoms with Crippen LogP contribution in [0.5, 0.6) is 0 Å². The van der Waals surface area contributed by atoms with Crippen molar-refractivity contribution in [2.75, 3.05) is 38.5 Å². The lowest BCUT2D eigenvalue weighted by molar-refractivity contribution is 0.0200. The number of sulfonamides is 1. The molecule has 0 spiro atoms. The first-order valence-corrected chi connectivity index (χ1v) is 11.3. The van der Waals surface area contributed by atoms with Crippen LogP contribution in [0, 0.1) is 0 Å². The van der Waals surface area contributed by atoms with E-state index in [1.54, 1.807) is 0 Å². The minimum Gasteiger partial charge on any atom is -0.377 e. The van der Waals surface area contributed by atoms with E-state index in [0.29, 0.717) is 19.0 Å². The third kappa shape index (κ3) is 11.4. The van der Waals surface area contributed by atoms with Crippen LogP contribution in [-0.4, -0.2) is 59.0 Å². The van der Waals surface area contributed by atoms with Crippen LogP contribution in [0.15, 0.2) is 4.99 Å². The van der Waals surface area contributed by atoms with Crippen LogP contribution in [0.4, 0.5) is 0 Å². The van der Waals surface area contributed by atoms with Crippen molar-refractivity contribution in [3.8, 4) is 0 Å². The summed E-state index contributed by atoms with van der Waals surface area (Å²) in [6.07, 6.45) is 7.79. The predicted molar refractivity (Wildman–Crippen MR) is 104 cm³/mol. The van der Waals surface area contributed by atoms with Crippen molar-refractivity contribution in [2.24, 2.45) is 4.99 Å². The normalized spacial score (nSPS) is 19.0. The zero-order valence-electron chi connectivity index (χ0n) is 15.8. The summed E-state index contributed by atoms with van der Waals surface area (Å²) in [6, 6.07) is 0. The van der Waals surface area contributed by atoms with Gasteiger partial charge in [0, 0.05) is 32.8 Å². The van der Waals surface area contributed by atoms with E-state index in [2.05, 4.69) is 27.3 Å². The van der Waals surface area contributed by atoms with Crippen molar-refractivity contribution < 1.29 is 13.2 Å². The molecule has 8 heteroatoms. The van der Waals surface area contributed by atoms with Gasteiger partial charge in [-0.1, -0.05) is 26.2 Å². The van der Waals surface area contributed by atoms with Gasteiger partial charge in [0.1, 0.15) is 0 Å². The second-order valence-corrected chi connectivity index (χ2v) is 8.33. The molecule has 1 aliphatic rings. The Balaban J connectivity index is 2.26. The van der Waals surface area contributed by atoms with Gasteiger partial charge in [0.25, 0.3) is 0 Å². The molecule has 7 nitrogen and oxygen atoms in total. The van der Waals surface area contributed by atoms with Gasteiger partial charge in [0.2, 0.25) is 10.0 Å². The molecule has 1 atom stereocenters. The molecule has 1 fully saturated rings. The Bertz CT molecular complexity index is 463. The quantitative estimate of drug-likeness (QED) is 0.273. The van der Waals surface area contributed by atoms with Crippen molar-refractivity contribution in [2.45, 2.75) is 64.9 Å². The van der Waals surface area contributed by atoms with Gasteiger partial charge in [-0.25, -0.2) is 13.1 Å². The average Bonchev–Trinajstić information content (AvgIpc) is 2.60. The molecule has 1 aliphatic heterocycles. The molecule has 148 valence electrons. The Morgan fingerprint density at radius 3 is 2.68 bits per heavy atom. The van der Waals surface area contributed by atoms with Gasteiger partial charge in [0.15, 0.2) is 5.96 Å².